The SMILES string of the molecule is Cc1nc2cnc(-n3cnc4ccc(Cl)cc43)nc2n1C(C)C(=O)O. The summed E-state index contributed by atoms with van der Waals surface area (Å²) in [6, 6.07) is 4.56. The van der Waals surface area contributed by atoms with E-state index in [4.69, 9.17) is 11.6 Å². The number of imidazole rings is 2. The lowest BCUT2D eigenvalue weighted by molar-refractivity contribution is -0.140. The highest BCUT2D eigenvalue weighted by Gasteiger charge is 2.21. The lowest BCUT2D eigenvalue weighted by Gasteiger charge is -2.11. The van der Waals surface area contributed by atoms with Crippen LogP contribution in [-0.2, 0) is 4.79 Å². The number of fused-ring (bicyclic) bond motifs is 2. The third kappa shape index (κ3) is 2.42. The minimum Gasteiger partial charge on any atom is -0.480 e. The lowest BCUT2D eigenvalue weighted by Crippen LogP contribution is -2.17. The molecule has 0 saturated carbocycles. The molecule has 0 saturated heterocycles. The number of benzene rings is 1. The summed E-state index contributed by atoms with van der Waals surface area (Å²) in [6.45, 7) is 3.33. The molecule has 8 nitrogen and oxygen atoms in total. The summed E-state index contributed by atoms with van der Waals surface area (Å²) in [5.41, 5.74) is 2.52. The molecule has 0 amide bonds. The van der Waals surface area contributed by atoms with E-state index in [9.17, 15) is 9.90 Å². The Hall–Kier alpha value is -3.00. The van der Waals surface area contributed by atoms with Crippen molar-refractivity contribution in [1.82, 2.24) is 29.1 Å². The van der Waals surface area contributed by atoms with Gasteiger partial charge in [0.1, 0.15) is 23.7 Å². The molecule has 0 spiro atoms. The number of rotatable bonds is 3. The minimum absolute atomic E-state index is 0.371. The van der Waals surface area contributed by atoms with Gasteiger partial charge in [0, 0.05) is 5.02 Å². The molecule has 0 aliphatic heterocycles. The zero-order valence-electron chi connectivity index (χ0n) is 13.4. The van der Waals surface area contributed by atoms with Gasteiger partial charge in [-0.3, -0.25) is 9.13 Å². The van der Waals surface area contributed by atoms with Gasteiger partial charge in [0.2, 0.25) is 5.95 Å². The average Bonchev–Trinajstić information content (AvgIpc) is 3.13. The van der Waals surface area contributed by atoms with Gasteiger partial charge in [-0.05, 0) is 32.0 Å². The second-order valence-electron chi connectivity index (χ2n) is 5.67. The van der Waals surface area contributed by atoms with Crippen molar-refractivity contribution in [3.05, 3.63) is 41.6 Å². The van der Waals surface area contributed by atoms with Crippen LogP contribution in [0.15, 0.2) is 30.7 Å². The molecule has 1 unspecified atom stereocenters. The van der Waals surface area contributed by atoms with Crippen molar-refractivity contribution < 1.29 is 9.90 Å². The van der Waals surface area contributed by atoms with Crippen LogP contribution >= 0.6 is 11.6 Å². The van der Waals surface area contributed by atoms with E-state index in [1.807, 2.05) is 6.07 Å². The molecule has 126 valence electrons. The molecule has 3 aromatic heterocycles. The van der Waals surface area contributed by atoms with Crippen molar-refractivity contribution in [2.24, 2.45) is 0 Å². The summed E-state index contributed by atoms with van der Waals surface area (Å²) in [6.07, 6.45) is 3.18. The molecular formula is C16H13ClN6O2. The topological polar surface area (TPSA) is 98.7 Å². The van der Waals surface area contributed by atoms with Crippen LogP contribution < -0.4 is 0 Å². The number of carbonyl (C=O) groups is 1. The summed E-state index contributed by atoms with van der Waals surface area (Å²) < 4.78 is 3.29. The van der Waals surface area contributed by atoms with E-state index in [1.165, 1.54) is 0 Å². The van der Waals surface area contributed by atoms with E-state index >= 15 is 0 Å². The number of halogens is 1. The van der Waals surface area contributed by atoms with Crippen LogP contribution in [0.5, 0.6) is 0 Å². The quantitative estimate of drug-likeness (QED) is 0.606. The highest BCUT2D eigenvalue weighted by Crippen LogP contribution is 2.23. The normalized spacial score (nSPS) is 12.8. The molecule has 1 atom stereocenters. The summed E-state index contributed by atoms with van der Waals surface area (Å²) in [7, 11) is 0. The smallest absolute Gasteiger partial charge is 0.326 e. The van der Waals surface area contributed by atoms with Gasteiger partial charge in [-0.25, -0.2) is 19.7 Å². The van der Waals surface area contributed by atoms with Gasteiger partial charge in [-0.1, -0.05) is 11.6 Å². The molecule has 0 fully saturated rings. The summed E-state index contributed by atoms with van der Waals surface area (Å²) >= 11 is 6.07. The first-order chi connectivity index (χ1) is 12.0. The van der Waals surface area contributed by atoms with Gasteiger partial charge in [0.05, 0.1) is 17.2 Å². The van der Waals surface area contributed by atoms with E-state index in [0.717, 1.165) is 11.0 Å². The number of carboxylic acid groups (broad SMARTS) is 1. The van der Waals surface area contributed by atoms with Crippen molar-refractivity contribution in [3.63, 3.8) is 0 Å². The predicted octanol–water partition coefficient (Wildman–Crippen LogP) is 2.77. The fourth-order valence-corrected chi connectivity index (χ4v) is 2.99. The number of hydrogen-bond donors (Lipinski definition) is 1. The molecule has 1 N–H and O–H groups in total. The van der Waals surface area contributed by atoms with Gasteiger partial charge < -0.3 is 5.11 Å². The standard InChI is InChI=1S/C16H13ClN6O2/c1-8(15(24)25)23-9(2)20-12-6-18-16(21-14(12)23)22-7-19-11-4-3-10(17)5-13(11)22/h3-8H,1-2H3,(H,24,25). The van der Waals surface area contributed by atoms with Crippen LogP contribution in [0.4, 0.5) is 0 Å². The molecule has 3 heterocycles. The lowest BCUT2D eigenvalue weighted by atomic mass is 10.3. The van der Waals surface area contributed by atoms with Gasteiger partial charge in [0.25, 0.3) is 0 Å². The highest BCUT2D eigenvalue weighted by molar-refractivity contribution is 6.31. The Kier molecular flexibility index (Phi) is 3.43. The van der Waals surface area contributed by atoms with E-state index in [2.05, 4.69) is 19.9 Å². The molecule has 0 aliphatic carbocycles. The molecule has 0 bridgehead atoms. The molecule has 4 aromatic rings. The Balaban J connectivity index is 1.95. The molecule has 4 rings (SSSR count). The Morgan fingerprint density at radius 2 is 2.04 bits per heavy atom. The summed E-state index contributed by atoms with van der Waals surface area (Å²) in [4.78, 5) is 28.9. The molecular weight excluding hydrogens is 344 g/mol. The Labute approximate surface area is 146 Å². The zero-order valence-corrected chi connectivity index (χ0v) is 14.1. The van der Waals surface area contributed by atoms with E-state index in [-0.39, 0.29) is 0 Å². The first-order valence-electron chi connectivity index (χ1n) is 7.53. The number of carboxylic acids is 1. The Morgan fingerprint density at radius 3 is 2.80 bits per heavy atom. The molecule has 1 aromatic carbocycles. The molecule has 25 heavy (non-hydrogen) atoms. The van der Waals surface area contributed by atoms with Crippen LogP contribution in [0.3, 0.4) is 0 Å². The van der Waals surface area contributed by atoms with E-state index in [1.54, 1.807) is 47.6 Å². The van der Waals surface area contributed by atoms with Crippen LogP contribution in [-0.4, -0.2) is 40.1 Å². The number of aromatic nitrogens is 6. The Bertz CT molecular complexity index is 1130. The van der Waals surface area contributed by atoms with Crippen LogP contribution in [0.1, 0.15) is 18.8 Å². The van der Waals surface area contributed by atoms with Gasteiger partial charge in [-0.15, -0.1) is 0 Å². The van der Waals surface area contributed by atoms with Crippen molar-refractivity contribution >= 4 is 39.8 Å². The fourth-order valence-electron chi connectivity index (χ4n) is 2.83. The van der Waals surface area contributed by atoms with Crippen molar-refractivity contribution in [1.29, 1.82) is 0 Å². The van der Waals surface area contributed by atoms with Crippen molar-refractivity contribution in [2.75, 3.05) is 0 Å². The average molecular weight is 357 g/mol. The number of aliphatic carboxylic acids is 1. The Morgan fingerprint density at radius 1 is 1.24 bits per heavy atom. The third-order valence-electron chi connectivity index (χ3n) is 4.07. The van der Waals surface area contributed by atoms with Crippen LogP contribution in [0, 0.1) is 6.92 Å². The molecule has 0 aliphatic rings. The largest absolute Gasteiger partial charge is 0.480 e. The van der Waals surface area contributed by atoms with Gasteiger partial charge in [-0.2, -0.15) is 4.98 Å². The van der Waals surface area contributed by atoms with E-state index in [0.29, 0.717) is 28.0 Å². The zero-order chi connectivity index (χ0) is 17.7. The van der Waals surface area contributed by atoms with Crippen LogP contribution in [0.25, 0.3) is 28.1 Å². The van der Waals surface area contributed by atoms with Crippen LogP contribution in [0.2, 0.25) is 5.02 Å². The van der Waals surface area contributed by atoms with E-state index < -0.39 is 12.0 Å². The predicted molar refractivity (Wildman–Crippen MR) is 92.0 cm³/mol. The van der Waals surface area contributed by atoms with Gasteiger partial charge >= 0.3 is 5.97 Å². The highest BCUT2D eigenvalue weighted by atomic mass is 35.5. The van der Waals surface area contributed by atoms with Gasteiger partial charge in [0.15, 0.2) is 5.65 Å². The fraction of sp³-hybridized carbons (Fsp3) is 0.188. The number of hydrogen-bond acceptors (Lipinski definition) is 5. The second kappa shape index (κ2) is 5.52. The monoisotopic (exact) mass is 356 g/mol. The maximum absolute atomic E-state index is 11.4. The summed E-state index contributed by atoms with van der Waals surface area (Å²) in [5, 5.41) is 9.92. The van der Waals surface area contributed by atoms with Crippen molar-refractivity contribution in [3.8, 4) is 5.95 Å². The van der Waals surface area contributed by atoms with Crippen molar-refractivity contribution in [2.45, 2.75) is 19.9 Å². The number of nitrogens with zero attached hydrogens (tertiary/aromatic N) is 6. The minimum atomic E-state index is -0.956. The molecule has 9 heteroatoms. The first-order valence-corrected chi connectivity index (χ1v) is 7.91. The maximum atomic E-state index is 11.4. The first kappa shape index (κ1) is 15.5. The number of aryl methyl sites for hydroxylation is 1. The maximum Gasteiger partial charge on any atom is 0.326 e. The summed E-state index contributed by atoms with van der Waals surface area (Å²) in [5.74, 6) is -0.0201. The molecule has 0 radical (unpaired) electrons. The third-order valence-corrected chi connectivity index (χ3v) is 4.30. The second-order valence-corrected chi connectivity index (χ2v) is 6.11.